The topological polar surface area (TPSA) is 29.3 Å². The smallest absolute Gasteiger partial charge is 0.0595 e. The van der Waals surface area contributed by atoms with Crippen LogP contribution < -0.4 is 5.73 Å². The minimum atomic E-state index is 0.611. The minimum Gasteiger partial charge on any atom is -0.330 e. The SMILES string of the molecule is NCC1CCC(CN(Cc2ccc(Br)cc2)Cc2ccc(Cl)c(Cl)c2)CC1. The molecule has 2 nitrogen and oxygen atoms in total. The first-order valence-corrected chi connectivity index (χ1v) is 11.2. The van der Waals surface area contributed by atoms with Crippen molar-refractivity contribution in [1.29, 1.82) is 0 Å². The summed E-state index contributed by atoms with van der Waals surface area (Å²) >= 11 is 15.8. The molecule has 0 saturated heterocycles. The van der Waals surface area contributed by atoms with Crippen LogP contribution in [0.4, 0.5) is 0 Å². The Morgan fingerprint density at radius 3 is 2.07 bits per heavy atom. The fourth-order valence-corrected chi connectivity index (χ4v) is 4.53. The molecule has 3 rings (SSSR count). The quantitative estimate of drug-likeness (QED) is 0.499. The predicted molar refractivity (Wildman–Crippen MR) is 119 cm³/mol. The maximum Gasteiger partial charge on any atom is 0.0595 e. The van der Waals surface area contributed by atoms with Gasteiger partial charge in [0.15, 0.2) is 0 Å². The first kappa shape index (κ1) is 21.1. The largest absolute Gasteiger partial charge is 0.330 e. The molecule has 0 aromatic heterocycles. The molecule has 2 aromatic carbocycles. The van der Waals surface area contributed by atoms with Crippen molar-refractivity contribution < 1.29 is 0 Å². The average Bonchev–Trinajstić information content (AvgIpc) is 2.67. The maximum atomic E-state index is 6.23. The van der Waals surface area contributed by atoms with Crippen LogP contribution in [0.1, 0.15) is 36.8 Å². The molecule has 0 atom stereocenters. The molecule has 27 heavy (non-hydrogen) atoms. The fourth-order valence-electron chi connectivity index (χ4n) is 3.94. The Morgan fingerprint density at radius 2 is 1.44 bits per heavy atom. The first-order chi connectivity index (χ1) is 13.0. The van der Waals surface area contributed by atoms with Gasteiger partial charge in [-0.25, -0.2) is 0 Å². The summed E-state index contributed by atoms with van der Waals surface area (Å²) in [5, 5.41) is 1.24. The Kier molecular flexibility index (Phi) is 8.04. The highest BCUT2D eigenvalue weighted by atomic mass is 79.9. The van der Waals surface area contributed by atoms with E-state index < -0.39 is 0 Å². The molecule has 1 aliphatic carbocycles. The van der Waals surface area contributed by atoms with Gasteiger partial charge in [0.2, 0.25) is 0 Å². The normalized spacial score (nSPS) is 20.2. The van der Waals surface area contributed by atoms with Crippen LogP contribution in [-0.4, -0.2) is 18.0 Å². The summed E-state index contributed by atoms with van der Waals surface area (Å²) in [5.74, 6) is 1.46. The first-order valence-electron chi connectivity index (χ1n) is 9.64. The fraction of sp³-hybridized carbons (Fsp3) is 0.455. The lowest BCUT2D eigenvalue weighted by molar-refractivity contribution is 0.170. The number of hydrogen-bond donors (Lipinski definition) is 1. The van der Waals surface area contributed by atoms with Crippen molar-refractivity contribution in [3.8, 4) is 0 Å². The van der Waals surface area contributed by atoms with E-state index in [9.17, 15) is 0 Å². The zero-order valence-corrected chi connectivity index (χ0v) is 18.6. The van der Waals surface area contributed by atoms with E-state index in [0.29, 0.717) is 10.0 Å². The van der Waals surface area contributed by atoms with Gasteiger partial charge in [0, 0.05) is 24.1 Å². The maximum absolute atomic E-state index is 6.23. The molecule has 146 valence electrons. The standard InChI is InChI=1S/C22H27BrCl2N2/c23-20-8-5-18(6-9-20)14-27(13-17-3-1-16(12-26)2-4-17)15-19-7-10-21(24)22(25)11-19/h5-11,16-17H,1-4,12-15,26H2. The monoisotopic (exact) mass is 468 g/mol. The lowest BCUT2D eigenvalue weighted by Crippen LogP contribution is -2.32. The van der Waals surface area contributed by atoms with Crippen molar-refractivity contribution in [1.82, 2.24) is 4.90 Å². The molecular weight excluding hydrogens is 443 g/mol. The van der Waals surface area contributed by atoms with E-state index in [0.717, 1.165) is 42.5 Å². The summed E-state index contributed by atoms with van der Waals surface area (Å²) in [7, 11) is 0. The Labute approximate surface area is 181 Å². The van der Waals surface area contributed by atoms with Gasteiger partial charge in [-0.1, -0.05) is 57.3 Å². The van der Waals surface area contributed by atoms with Crippen molar-refractivity contribution in [2.75, 3.05) is 13.1 Å². The molecule has 0 heterocycles. The second kappa shape index (κ2) is 10.3. The van der Waals surface area contributed by atoms with E-state index in [1.165, 1.54) is 36.8 Å². The lowest BCUT2D eigenvalue weighted by atomic mass is 9.82. The summed E-state index contributed by atoms with van der Waals surface area (Å²) in [6, 6.07) is 14.6. The van der Waals surface area contributed by atoms with E-state index in [4.69, 9.17) is 28.9 Å². The van der Waals surface area contributed by atoms with Crippen LogP contribution in [0.3, 0.4) is 0 Å². The van der Waals surface area contributed by atoms with E-state index in [1.54, 1.807) is 0 Å². The molecule has 2 aromatic rings. The minimum absolute atomic E-state index is 0.611. The summed E-state index contributed by atoms with van der Waals surface area (Å²) < 4.78 is 1.11. The highest BCUT2D eigenvalue weighted by molar-refractivity contribution is 9.10. The molecule has 5 heteroatoms. The van der Waals surface area contributed by atoms with Gasteiger partial charge in [0.05, 0.1) is 10.0 Å². The van der Waals surface area contributed by atoms with Gasteiger partial charge in [0.1, 0.15) is 0 Å². The second-order valence-corrected chi connectivity index (χ2v) is 9.40. The molecule has 1 saturated carbocycles. The van der Waals surface area contributed by atoms with E-state index >= 15 is 0 Å². The molecule has 0 unspecified atom stereocenters. The number of hydrogen-bond acceptors (Lipinski definition) is 2. The van der Waals surface area contributed by atoms with Crippen molar-refractivity contribution in [2.45, 2.75) is 38.8 Å². The van der Waals surface area contributed by atoms with Gasteiger partial charge in [0.25, 0.3) is 0 Å². The van der Waals surface area contributed by atoms with Crippen LogP contribution >= 0.6 is 39.1 Å². The van der Waals surface area contributed by atoms with E-state index in [2.05, 4.69) is 51.2 Å². The van der Waals surface area contributed by atoms with Gasteiger partial charge in [-0.3, -0.25) is 4.90 Å². The molecule has 0 spiro atoms. The Hall–Kier alpha value is -0.580. The third-order valence-electron chi connectivity index (χ3n) is 5.53. The summed E-state index contributed by atoms with van der Waals surface area (Å²) in [6.45, 7) is 3.75. The van der Waals surface area contributed by atoms with Crippen LogP contribution in [0.2, 0.25) is 10.0 Å². The van der Waals surface area contributed by atoms with Gasteiger partial charge >= 0.3 is 0 Å². The molecule has 0 radical (unpaired) electrons. The van der Waals surface area contributed by atoms with E-state index in [-0.39, 0.29) is 0 Å². The summed E-state index contributed by atoms with van der Waals surface area (Å²) in [6.07, 6.45) is 5.08. The molecule has 2 N–H and O–H groups in total. The molecule has 1 aliphatic rings. The zero-order chi connectivity index (χ0) is 19.2. The van der Waals surface area contributed by atoms with Crippen LogP contribution in [0, 0.1) is 11.8 Å². The Morgan fingerprint density at radius 1 is 0.852 bits per heavy atom. The highest BCUT2D eigenvalue weighted by Gasteiger charge is 2.22. The molecule has 0 amide bonds. The number of halogens is 3. The zero-order valence-electron chi connectivity index (χ0n) is 15.5. The Bertz CT molecular complexity index is 728. The number of nitrogens with two attached hydrogens (primary N) is 1. The lowest BCUT2D eigenvalue weighted by Gasteiger charge is -2.32. The van der Waals surface area contributed by atoms with Crippen LogP contribution in [0.15, 0.2) is 46.9 Å². The van der Waals surface area contributed by atoms with Crippen molar-refractivity contribution >= 4 is 39.1 Å². The highest BCUT2D eigenvalue weighted by Crippen LogP contribution is 2.30. The van der Waals surface area contributed by atoms with Crippen molar-refractivity contribution in [3.05, 3.63) is 68.1 Å². The number of nitrogens with zero attached hydrogens (tertiary/aromatic N) is 1. The second-order valence-electron chi connectivity index (χ2n) is 7.67. The van der Waals surface area contributed by atoms with Gasteiger partial charge in [-0.05, 0) is 79.5 Å². The van der Waals surface area contributed by atoms with Crippen molar-refractivity contribution in [2.24, 2.45) is 17.6 Å². The third kappa shape index (κ3) is 6.47. The predicted octanol–water partition coefficient (Wildman–Crippen LogP) is 6.52. The summed E-state index contributed by atoms with van der Waals surface area (Å²) in [4.78, 5) is 2.54. The van der Waals surface area contributed by atoms with E-state index in [1.807, 2.05) is 12.1 Å². The Balaban J connectivity index is 1.69. The van der Waals surface area contributed by atoms with Gasteiger partial charge < -0.3 is 5.73 Å². The molecule has 0 aliphatic heterocycles. The summed E-state index contributed by atoms with van der Waals surface area (Å²) in [5.41, 5.74) is 8.39. The third-order valence-corrected chi connectivity index (χ3v) is 6.79. The van der Waals surface area contributed by atoms with Crippen LogP contribution in [-0.2, 0) is 13.1 Å². The molecular formula is C22H27BrCl2N2. The van der Waals surface area contributed by atoms with Gasteiger partial charge in [-0.15, -0.1) is 0 Å². The molecule has 1 fully saturated rings. The van der Waals surface area contributed by atoms with Gasteiger partial charge in [-0.2, -0.15) is 0 Å². The van der Waals surface area contributed by atoms with Crippen LogP contribution in [0.25, 0.3) is 0 Å². The number of benzene rings is 2. The number of rotatable bonds is 7. The van der Waals surface area contributed by atoms with Crippen LogP contribution in [0.5, 0.6) is 0 Å². The average molecular weight is 470 g/mol. The molecule has 0 bridgehead atoms. The van der Waals surface area contributed by atoms with Crippen molar-refractivity contribution in [3.63, 3.8) is 0 Å².